The SMILES string of the molecule is COC(=O)C(C/C=C/c1cccs1)(C(=O)OC)C(F)(F)F. The van der Waals surface area contributed by atoms with E-state index in [0.29, 0.717) is 4.88 Å². The molecule has 21 heavy (non-hydrogen) atoms. The molecule has 0 aliphatic rings. The first-order valence-corrected chi connectivity index (χ1v) is 6.61. The lowest BCUT2D eigenvalue weighted by Crippen LogP contribution is -2.52. The van der Waals surface area contributed by atoms with Crippen LogP contribution in [-0.2, 0) is 19.1 Å². The van der Waals surface area contributed by atoms with E-state index >= 15 is 0 Å². The summed E-state index contributed by atoms with van der Waals surface area (Å²) in [5.41, 5.74) is -3.36. The number of carbonyl (C=O) groups excluding carboxylic acids is 2. The fourth-order valence-electron chi connectivity index (χ4n) is 1.68. The highest BCUT2D eigenvalue weighted by molar-refractivity contribution is 7.10. The standard InChI is InChI=1S/C13H13F3O4S/c1-19-10(17)12(11(18)20-2,13(14,15)16)7-3-5-9-6-4-8-21-9/h3-6,8H,7H2,1-2H3/b5-3+. The molecule has 1 aromatic rings. The first-order valence-electron chi connectivity index (χ1n) is 5.73. The Morgan fingerprint density at radius 2 is 1.81 bits per heavy atom. The van der Waals surface area contributed by atoms with Gasteiger partial charge in [-0.25, -0.2) is 0 Å². The maximum atomic E-state index is 13.3. The van der Waals surface area contributed by atoms with Gasteiger partial charge in [0.15, 0.2) is 0 Å². The molecule has 8 heteroatoms. The molecule has 0 unspecified atom stereocenters. The molecule has 0 spiro atoms. The minimum absolute atomic E-state index is 0.695. The van der Waals surface area contributed by atoms with Crippen LogP contribution in [0.5, 0.6) is 0 Å². The average molecular weight is 322 g/mol. The second-order valence-corrected chi connectivity index (χ2v) is 4.99. The Morgan fingerprint density at radius 3 is 2.19 bits per heavy atom. The number of ether oxygens (including phenoxy) is 2. The minimum Gasteiger partial charge on any atom is -0.468 e. The first-order chi connectivity index (χ1) is 9.79. The first kappa shape index (κ1) is 17.2. The molecule has 1 heterocycles. The maximum absolute atomic E-state index is 13.3. The molecular formula is C13H13F3O4S. The van der Waals surface area contributed by atoms with E-state index < -0.39 is 30.0 Å². The molecule has 0 bridgehead atoms. The van der Waals surface area contributed by atoms with Crippen LogP contribution in [0.4, 0.5) is 13.2 Å². The van der Waals surface area contributed by atoms with Crippen LogP contribution < -0.4 is 0 Å². The zero-order chi connectivity index (χ0) is 16.1. The van der Waals surface area contributed by atoms with Crippen LogP contribution >= 0.6 is 11.3 Å². The van der Waals surface area contributed by atoms with Gasteiger partial charge in [0.25, 0.3) is 5.41 Å². The van der Waals surface area contributed by atoms with Crippen LogP contribution in [0.15, 0.2) is 23.6 Å². The Labute approximate surface area is 123 Å². The highest BCUT2D eigenvalue weighted by Crippen LogP contribution is 2.44. The lowest BCUT2D eigenvalue weighted by molar-refractivity contribution is -0.237. The van der Waals surface area contributed by atoms with Crippen molar-refractivity contribution in [3.05, 3.63) is 28.5 Å². The van der Waals surface area contributed by atoms with Crippen molar-refractivity contribution in [2.45, 2.75) is 12.6 Å². The summed E-state index contributed by atoms with van der Waals surface area (Å²) in [6, 6.07) is 3.41. The molecule has 0 aliphatic carbocycles. The summed E-state index contributed by atoms with van der Waals surface area (Å²) in [6.45, 7) is 0. The van der Waals surface area contributed by atoms with E-state index in [2.05, 4.69) is 9.47 Å². The maximum Gasteiger partial charge on any atom is 0.415 e. The number of methoxy groups -OCH3 is 2. The molecule has 0 aliphatic heterocycles. The highest BCUT2D eigenvalue weighted by Gasteiger charge is 2.67. The molecule has 0 fully saturated rings. The number of hydrogen-bond donors (Lipinski definition) is 0. The summed E-state index contributed by atoms with van der Waals surface area (Å²) < 4.78 is 48.2. The van der Waals surface area contributed by atoms with Gasteiger partial charge in [-0.3, -0.25) is 9.59 Å². The monoisotopic (exact) mass is 322 g/mol. The normalized spacial score (nSPS) is 12.4. The van der Waals surface area contributed by atoms with Crippen molar-refractivity contribution in [1.29, 1.82) is 0 Å². The molecule has 116 valence electrons. The zero-order valence-corrected chi connectivity index (χ0v) is 12.1. The van der Waals surface area contributed by atoms with E-state index in [1.165, 1.54) is 17.4 Å². The number of thiophene rings is 1. The predicted molar refractivity (Wildman–Crippen MR) is 70.5 cm³/mol. The molecule has 0 N–H and O–H groups in total. The second-order valence-electron chi connectivity index (χ2n) is 4.01. The van der Waals surface area contributed by atoms with Crippen LogP contribution in [0.3, 0.4) is 0 Å². The Hall–Kier alpha value is -1.83. The molecule has 1 rings (SSSR count). The van der Waals surface area contributed by atoms with Gasteiger partial charge >= 0.3 is 18.1 Å². The van der Waals surface area contributed by atoms with Crippen LogP contribution in [0.25, 0.3) is 6.08 Å². The van der Waals surface area contributed by atoms with Crippen molar-refractivity contribution in [2.24, 2.45) is 5.41 Å². The van der Waals surface area contributed by atoms with Crippen molar-refractivity contribution in [3.8, 4) is 0 Å². The van der Waals surface area contributed by atoms with Gasteiger partial charge in [-0.1, -0.05) is 12.1 Å². The molecular weight excluding hydrogens is 309 g/mol. The summed E-state index contributed by atoms with van der Waals surface area (Å²) in [5.74, 6) is -3.39. The third kappa shape index (κ3) is 3.44. The van der Waals surface area contributed by atoms with Crippen LogP contribution in [0.2, 0.25) is 0 Å². The average Bonchev–Trinajstić information content (AvgIpc) is 2.93. The third-order valence-electron chi connectivity index (χ3n) is 2.80. The van der Waals surface area contributed by atoms with E-state index in [4.69, 9.17) is 0 Å². The van der Waals surface area contributed by atoms with Gasteiger partial charge in [0, 0.05) is 11.3 Å². The summed E-state index contributed by atoms with van der Waals surface area (Å²) in [5, 5.41) is 1.75. The van der Waals surface area contributed by atoms with E-state index in [-0.39, 0.29) is 0 Å². The second kappa shape index (κ2) is 6.75. The lowest BCUT2D eigenvalue weighted by atomic mass is 9.83. The van der Waals surface area contributed by atoms with E-state index in [1.807, 2.05) is 0 Å². The van der Waals surface area contributed by atoms with E-state index in [1.54, 1.807) is 17.5 Å². The molecule has 0 aromatic carbocycles. The summed E-state index contributed by atoms with van der Waals surface area (Å²) >= 11 is 1.31. The van der Waals surface area contributed by atoms with Gasteiger partial charge in [-0.2, -0.15) is 13.2 Å². The molecule has 4 nitrogen and oxygen atoms in total. The largest absolute Gasteiger partial charge is 0.468 e. The molecule has 1 aromatic heterocycles. The smallest absolute Gasteiger partial charge is 0.415 e. The van der Waals surface area contributed by atoms with Crippen LogP contribution in [-0.4, -0.2) is 32.3 Å². The predicted octanol–water partition coefficient (Wildman–Crippen LogP) is 3.05. The van der Waals surface area contributed by atoms with Crippen molar-refractivity contribution < 1.29 is 32.2 Å². The quantitative estimate of drug-likeness (QED) is 0.617. The zero-order valence-electron chi connectivity index (χ0n) is 11.3. The summed E-state index contributed by atoms with van der Waals surface area (Å²) in [6.07, 6.45) is -3.52. The Bertz CT molecular complexity index is 504. The number of alkyl halides is 3. The Morgan fingerprint density at radius 1 is 1.24 bits per heavy atom. The van der Waals surface area contributed by atoms with Crippen molar-refractivity contribution in [1.82, 2.24) is 0 Å². The van der Waals surface area contributed by atoms with Crippen LogP contribution in [0.1, 0.15) is 11.3 Å². The van der Waals surface area contributed by atoms with Gasteiger partial charge in [-0.05, 0) is 17.5 Å². The van der Waals surface area contributed by atoms with E-state index in [9.17, 15) is 22.8 Å². The van der Waals surface area contributed by atoms with Crippen molar-refractivity contribution >= 4 is 29.4 Å². The highest BCUT2D eigenvalue weighted by atomic mass is 32.1. The van der Waals surface area contributed by atoms with Crippen molar-refractivity contribution in [2.75, 3.05) is 14.2 Å². The number of carbonyl (C=O) groups is 2. The van der Waals surface area contributed by atoms with Crippen molar-refractivity contribution in [3.63, 3.8) is 0 Å². The fraction of sp³-hybridized carbons (Fsp3) is 0.385. The fourth-order valence-corrected chi connectivity index (χ4v) is 2.33. The number of hydrogen-bond acceptors (Lipinski definition) is 5. The number of esters is 2. The lowest BCUT2D eigenvalue weighted by Gasteiger charge is -2.29. The van der Waals surface area contributed by atoms with Gasteiger partial charge in [-0.15, -0.1) is 11.3 Å². The van der Waals surface area contributed by atoms with Crippen LogP contribution in [0, 0.1) is 5.41 Å². The summed E-state index contributed by atoms with van der Waals surface area (Å²) in [7, 11) is 1.57. The summed E-state index contributed by atoms with van der Waals surface area (Å²) in [4.78, 5) is 23.9. The minimum atomic E-state index is -5.13. The molecule has 0 amide bonds. The topological polar surface area (TPSA) is 52.6 Å². The number of halogens is 3. The third-order valence-corrected chi connectivity index (χ3v) is 3.64. The number of rotatable bonds is 5. The Balaban J connectivity index is 3.16. The van der Waals surface area contributed by atoms with Gasteiger partial charge in [0.1, 0.15) is 0 Å². The molecule has 0 radical (unpaired) electrons. The Kier molecular flexibility index (Phi) is 5.54. The van der Waals surface area contributed by atoms with Gasteiger partial charge in [0.05, 0.1) is 14.2 Å². The van der Waals surface area contributed by atoms with E-state index in [0.717, 1.165) is 20.3 Å². The van der Waals surface area contributed by atoms with Gasteiger partial charge in [0.2, 0.25) is 0 Å². The molecule has 0 atom stereocenters. The molecule has 0 saturated carbocycles. The number of allylic oxidation sites excluding steroid dienone is 1. The molecule has 0 saturated heterocycles. The van der Waals surface area contributed by atoms with Gasteiger partial charge < -0.3 is 9.47 Å².